The number of sulfonamides is 1. The van der Waals surface area contributed by atoms with Crippen LogP contribution in [0.5, 0.6) is 5.75 Å². The van der Waals surface area contributed by atoms with Crippen LogP contribution >= 0.6 is 35.0 Å². The van der Waals surface area contributed by atoms with Crippen LogP contribution in [0.3, 0.4) is 0 Å². The number of carbonyl (C=O) groups excluding carboxylic acids is 4. The molecule has 0 bridgehead atoms. The predicted molar refractivity (Wildman–Crippen MR) is 344 cm³/mol. The summed E-state index contributed by atoms with van der Waals surface area (Å²) in [6.07, 6.45) is 11.8. The minimum absolute atomic E-state index is 0.00639. The number of nitrogens with zero attached hydrogens (tertiary/aromatic N) is 4. The molecule has 1 aliphatic carbocycles. The van der Waals surface area contributed by atoms with Gasteiger partial charge in [-0.1, -0.05) is 110 Å². The largest absolute Gasteiger partial charge is 0.494 e. The quantitative estimate of drug-likeness (QED) is 0.0653. The third-order valence-corrected chi connectivity index (χ3v) is 19.3. The SMILES string of the molecule is CCC1=C(C)CN(C(=O)NCCc2ccc(S(=O)(=O)NC(=O)NC3CCC(C)CC3)cc2)C1=O.CN(C)CC/C=C1/c2ccccc2CSc2ccccc21.O=C1CCc2ccc(OCCCCN3CCN(c4cccc(Cl)c4Cl)CC3)cc2N1. The fourth-order valence-electron chi connectivity index (χ4n) is 11.1. The van der Waals surface area contributed by atoms with E-state index in [0.29, 0.717) is 60.5 Å². The average Bonchev–Trinajstić information content (AvgIpc) is 3.44. The van der Waals surface area contributed by atoms with E-state index in [1.54, 1.807) is 12.1 Å². The van der Waals surface area contributed by atoms with Gasteiger partial charge in [0.2, 0.25) is 5.91 Å². The summed E-state index contributed by atoms with van der Waals surface area (Å²) in [6.45, 7) is 13.3. The normalized spacial score (nSPS) is 18.2. The zero-order valence-electron chi connectivity index (χ0n) is 49.7. The maximum Gasteiger partial charge on any atom is 0.328 e. The lowest BCUT2D eigenvalue weighted by Gasteiger charge is -2.36. The van der Waals surface area contributed by atoms with Crippen molar-refractivity contribution in [1.29, 1.82) is 0 Å². The minimum Gasteiger partial charge on any atom is -0.494 e. The molecular formula is C66H82Cl2N8O7S2. The number of thioether (sulfide) groups is 1. The molecule has 85 heavy (non-hydrogen) atoms. The Labute approximate surface area is 517 Å². The molecule has 4 aliphatic heterocycles. The second-order valence-corrected chi connectivity index (χ2v) is 26.1. The number of halogens is 2. The first kappa shape index (κ1) is 64.7. The monoisotopic (exact) mass is 1230 g/mol. The molecule has 1 saturated carbocycles. The standard InChI is InChI=1S/C24H34N4O5S.C23H27Cl2N3O2.C19H21NS/c1-4-21-17(3)15-28(22(21)29)24(31)25-14-13-18-7-11-20(12-8-18)34(32,33)27-23(30)26-19-9-5-16(2)6-10-19;24-19-4-3-5-21(23(19)25)28-13-11-27(12-14-28)10-1-2-15-30-18-8-6-17-7-9-22(29)26-20(17)16-18;1-20(2)13-7-11-17-16-9-4-3-8-15(16)14-21-19-12-6-5-10-18(17)19/h7-8,11-12,16,19H,4-6,9-10,13-15H2,1-3H3,(H,25,31)(H2,26,27,30);3-6,8,16H,1-2,7,9-15H2,(H,26,29);3-6,8-12H,7,13-14H2,1-2H3/b;;17-11-. The van der Waals surface area contributed by atoms with E-state index in [9.17, 15) is 27.6 Å². The number of benzene rings is 5. The molecule has 15 nitrogen and oxygen atoms in total. The third kappa shape index (κ3) is 18.3. The fraction of sp³-hybridized carbons (Fsp3) is 0.424. The van der Waals surface area contributed by atoms with E-state index >= 15 is 0 Å². The van der Waals surface area contributed by atoms with Crippen molar-refractivity contribution in [3.8, 4) is 5.75 Å². The van der Waals surface area contributed by atoms with Crippen molar-refractivity contribution >= 4 is 85.8 Å². The molecule has 0 unspecified atom stereocenters. The van der Waals surface area contributed by atoms with Gasteiger partial charge in [-0.05, 0) is 173 Å². The summed E-state index contributed by atoms with van der Waals surface area (Å²) in [5, 5.41) is 9.66. The summed E-state index contributed by atoms with van der Waals surface area (Å²) in [5.41, 5.74) is 11.1. The number of nitrogens with one attached hydrogen (secondary N) is 4. The van der Waals surface area contributed by atoms with Gasteiger partial charge in [-0.3, -0.25) is 19.4 Å². The molecular weight excluding hydrogens is 1150 g/mol. The third-order valence-electron chi connectivity index (χ3n) is 16.1. The van der Waals surface area contributed by atoms with Crippen LogP contribution in [0.1, 0.15) is 106 Å². The topological polar surface area (TPSA) is 173 Å². The highest BCUT2D eigenvalue weighted by Gasteiger charge is 2.31. The molecule has 0 radical (unpaired) electrons. The van der Waals surface area contributed by atoms with Crippen LogP contribution in [0.4, 0.5) is 21.0 Å². The van der Waals surface area contributed by atoms with E-state index in [4.69, 9.17) is 27.9 Å². The lowest BCUT2D eigenvalue weighted by Crippen LogP contribution is -2.46. The highest BCUT2D eigenvalue weighted by molar-refractivity contribution is 7.98. The molecule has 5 aromatic carbocycles. The predicted octanol–water partition coefficient (Wildman–Crippen LogP) is 12.6. The number of urea groups is 2. The number of imide groups is 1. The number of hydrogen-bond acceptors (Lipinski definition) is 11. The van der Waals surface area contributed by atoms with Gasteiger partial charge in [0.15, 0.2) is 0 Å². The van der Waals surface area contributed by atoms with E-state index in [0.717, 1.165) is 125 Å². The second-order valence-electron chi connectivity index (χ2n) is 22.6. The number of unbranched alkanes of at least 4 members (excludes halogenated alkanes) is 1. The van der Waals surface area contributed by atoms with Crippen LogP contribution in [0, 0.1) is 5.92 Å². The van der Waals surface area contributed by atoms with Crippen LogP contribution < -0.4 is 30.3 Å². The van der Waals surface area contributed by atoms with Gasteiger partial charge >= 0.3 is 12.1 Å². The van der Waals surface area contributed by atoms with Crippen molar-refractivity contribution in [2.75, 3.05) is 83.3 Å². The van der Waals surface area contributed by atoms with Gasteiger partial charge < -0.3 is 30.5 Å². The van der Waals surface area contributed by atoms with Gasteiger partial charge in [0, 0.05) is 79.7 Å². The van der Waals surface area contributed by atoms with E-state index in [2.05, 4.69) is 117 Å². The molecule has 6 amide bonds. The molecule has 0 atom stereocenters. The summed E-state index contributed by atoms with van der Waals surface area (Å²) < 4.78 is 33.0. The number of aryl methyl sites for hydroxylation is 1. The second kappa shape index (κ2) is 31.3. The van der Waals surface area contributed by atoms with E-state index in [1.165, 1.54) is 49.8 Å². The first-order chi connectivity index (χ1) is 41.0. The lowest BCUT2D eigenvalue weighted by atomic mass is 9.87. The Morgan fingerprint density at radius 3 is 2.31 bits per heavy atom. The summed E-state index contributed by atoms with van der Waals surface area (Å²) in [6, 6.07) is 34.4. The number of piperazine rings is 1. The van der Waals surface area contributed by atoms with Gasteiger partial charge in [0.1, 0.15) is 5.75 Å². The number of ether oxygens (including phenoxy) is 1. The summed E-state index contributed by atoms with van der Waals surface area (Å²) >= 11 is 14.4. The van der Waals surface area contributed by atoms with Crippen molar-refractivity contribution in [1.82, 2.24) is 30.1 Å². The van der Waals surface area contributed by atoms with E-state index in [-0.39, 0.29) is 22.8 Å². The van der Waals surface area contributed by atoms with Crippen LogP contribution in [-0.4, -0.2) is 126 Å². The minimum atomic E-state index is -3.98. The van der Waals surface area contributed by atoms with Crippen LogP contribution in [0.15, 0.2) is 136 Å². The van der Waals surface area contributed by atoms with Gasteiger partial charge in [-0.25, -0.2) is 22.7 Å². The Bertz CT molecular complexity index is 3260. The molecule has 19 heteroatoms. The molecule has 4 heterocycles. The van der Waals surface area contributed by atoms with Gasteiger partial charge in [0.25, 0.3) is 15.9 Å². The molecule has 454 valence electrons. The van der Waals surface area contributed by atoms with Gasteiger partial charge in [0.05, 0.1) is 33.8 Å². The number of hydrogen-bond donors (Lipinski definition) is 4. The molecule has 5 aliphatic rings. The van der Waals surface area contributed by atoms with Gasteiger partial charge in [-0.15, -0.1) is 11.8 Å². The first-order valence-electron chi connectivity index (χ1n) is 29.8. The molecule has 10 rings (SSSR count). The van der Waals surface area contributed by atoms with Crippen molar-refractivity contribution in [2.24, 2.45) is 5.92 Å². The maximum atomic E-state index is 12.5. The maximum absolute atomic E-state index is 12.5. The zero-order valence-corrected chi connectivity index (χ0v) is 52.8. The van der Waals surface area contributed by atoms with Gasteiger partial charge in [-0.2, -0.15) is 0 Å². The van der Waals surface area contributed by atoms with E-state index < -0.39 is 22.1 Å². The molecule has 0 spiro atoms. The molecule has 1 saturated heterocycles. The Morgan fingerprint density at radius 1 is 0.847 bits per heavy atom. The van der Waals surface area contributed by atoms with Crippen molar-refractivity contribution < 1.29 is 32.3 Å². The summed E-state index contributed by atoms with van der Waals surface area (Å²) in [5.74, 6) is 2.34. The lowest BCUT2D eigenvalue weighted by molar-refractivity contribution is -0.123. The van der Waals surface area contributed by atoms with Crippen molar-refractivity contribution in [3.63, 3.8) is 0 Å². The van der Waals surface area contributed by atoms with Crippen LogP contribution in [0.2, 0.25) is 10.0 Å². The Hall–Kier alpha value is -6.34. The Kier molecular flexibility index (Phi) is 23.8. The highest BCUT2D eigenvalue weighted by atomic mass is 35.5. The summed E-state index contributed by atoms with van der Waals surface area (Å²) in [4.78, 5) is 58.0. The number of carbonyl (C=O) groups is 4. The Morgan fingerprint density at radius 2 is 1.58 bits per heavy atom. The van der Waals surface area contributed by atoms with Crippen molar-refractivity contribution in [2.45, 2.75) is 113 Å². The number of rotatable bonds is 17. The first-order valence-corrected chi connectivity index (χ1v) is 33.0. The molecule has 0 aromatic heterocycles. The smallest absolute Gasteiger partial charge is 0.328 e. The number of amides is 6. The zero-order chi connectivity index (χ0) is 60.5. The average molecular weight is 1230 g/mol. The molecule has 4 N–H and O–H groups in total. The molecule has 5 aromatic rings. The van der Waals surface area contributed by atoms with Crippen LogP contribution in [0.25, 0.3) is 5.57 Å². The van der Waals surface area contributed by atoms with Crippen LogP contribution in [-0.2, 0) is 38.2 Å². The molecule has 2 fully saturated rings. The van der Waals surface area contributed by atoms with Crippen molar-refractivity contribution in [3.05, 3.63) is 164 Å². The van der Waals surface area contributed by atoms with E-state index in [1.807, 2.05) is 55.9 Å². The fourth-order valence-corrected chi connectivity index (χ4v) is 13.5. The summed E-state index contributed by atoms with van der Waals surface area (Å²) in [7, 11) is 0.274. The number of anilines is 2. The Balaban J connectivity index is 0.000000170. The number of fused-ring (bicyclic) bond motifs is 3. The highest BCUT2D eigenvalue weighted by Crippen LogP contribution is 2.40.